The predicted octanol–water partition coefficient (Wildman–Crippen LogP) is 3.20. The van der Waals surface area contributed by atoms with Gasteiger partial charge in [0.1, 0.15) is 0 Å². The molecular weight excluding hydrogens is 400 g/mol. The molecule has 168 valence electrons. The first-order chi connectivity index (χ1) is 15.5. The van der Waals surface area contributed by atoms with Crippen molar-refractivity contribution in [3.8, 4) is 0 Å². The summed E-state index contributed by atoms with van der Waals surface area (Å²) >= 11 is 0. The summed E-state index contributed by atoms with van der Waals surface area (Å²) in [4.78, 5) is 31.3. The molecule has 6 nitrogen and oxygen atoms in total. The van der Waals surface area contributed by atoms with Crippen molar-refractivity contribution in [1.29, 1.82) is 0 Å². The molecule has 0 radical (unpaired) electrons. The topological polar surface area (TPSA) is 55.9 Å². The third kappa shape index (κ3) is 5.19. The maximum absolute atomic E-state index is 12.7. The molecule has 2 heterocycles. The van der Waals surface area contributed by atoms with Crippen LogP contribution in [0.5, 0.6) is 0 Å². The second kappa shape index (κ2) is 10.0. The van der Waals surface area contributed by atoms with Crippen LogP contribution >= 0.6 is 0 Å². The lowest BCUT2D eigenvalue weighted by molar-refractivity contribution is -0.129. The van der Waals surface area contributed by atoms with Gasteiger partial charge in [-0.3, -0.25) is 14.5 Å². The van der Waals surface area contributed by atoms with Gasteiger partial charge in [-0.05, 0) is 41.8 Å². The van der Waals surface area contributed by atoms with Gasteiger partial charge in [0.2, 0.25) is 11.8 Å². The van der Waals surface area contributed by atoms with Crippen molar-refractivity contribution in [3.05, 3.63) is 71.4 Å². The van der Waals surface area contributed by atoms with Gasteiger partial charge in [0, 0.05) is 58.1 Å². The number of benzene rings is 2. The molecule has 1 fully saturated rings. The molecule has 4 rings (SSSR count). The molecule has 6 heteroatoms. The van der Waals surface area contributed by atoms with E-state index in [0.29, 0.717) is 6.54 Å². The number of nitrogens with one attached hydrogen (secondary N) is 1. The summed E-state index contributed by atoms with van der Waals surface area (Å²) in [7, 11) is 0. The third-order valence-corrected chi connectivity index (χ3v) is 6.34. The van der Waals surface area contributed by atoms with E-state index < -0.39 is 0 Å². The number of carbonyl (C=O) groups excluding carboxylic acids is 2. The summed E-state index contributed by atoms with van der Waals surface area (Å²) < 4.78 is 0. The standard InChI is InChI=1S/C26H32N4O2/c1-20-6-5-8-23(18-20)29-16-14-28(15-17-29)13-11-27-26(32)19-25-24-9-4-3-7-22(24)10-12-30(25)21(2)31/h3-10,12,18,25H,11,13-17,19H2,1-2H3,(H,27,32). The lowest BCUT2D eigenvalue weighted by Crippen LogP contribution is -2.48. The van der Waals surface area contributed by atoms with E-state index >= 15 is 0 Å². The first-order valence-corrected chi connectivity index (χ1v) is 11.4. The molecule has 2 aromatic rings. The molecule has 0 saturated carbocycles. The summed E-state index contributed by atoms with van der Waals surface area (Å²) in [6, 6.07) is 16.3. The average molecular weight is 433 g/mol. The quantitative estimate of drug-likeness (QED) is 0.762. The van der Waals surface area contributed by atoms with Crippen LogP contribution in [0.2, 0.25) is 0 Å². The van der Waals surface area contributed by atoms with E-state index in [4.69, 9.17) is 0 Å². The van der Waals surface area contributed by atoms with Crippen molar-refractivity contribution < 1.29 is 9.59 Å². The zero-order valence-corrected chi connectivity index (χ0v) is 19.0. The van der Waals surface area contributed by atoms with Crippen LogP contribution in [-0.2, 0) is 9.59 Å². The Morgan fingerprint density at radius 1 is 1.03 bits per heavy atom. The fraction of sp³-hybridized carbons (Fsp3) is 0.385. The van der Waals surface area contributed by atoms with Crippen LogP contribution in [0.25, 0.3) is 6.08 Å². The minimum atomic E-state index is -0.258. The molecule has 2 amide bonds. The van der Waals surface area contributed by atoms with Crippen molar-refractivity contribution in [2.75, 3.05) is 44.2 Å². The van der Waals surface area contributed by atoms with Gasteiger partial charge in [-0.25, -0.2) is 0 Å². The fourth-order valence-corrected chi connectivity index (χ4v) is 4.57. The monoisotopic (exact) mass is 432 g/mol. The number of hydrogen-bond acceptors (Lipinski definition) is 4. The van der Waals surface area contributed by atoms with Gasteiger partial charge in [0.05, 0.1) is 12.5 Å². The van der Waals surface area contributed by atoms with Gasteiger partial charge >= 0.3 is 0 Å². The van der Waals surface area contributed by atoms with E-state index in [-0.39, 0.29) is 24.3 Å². The average Bonchev–Trinajstić information content (AvgIpc) is 2.79. The minimum absolute atomic E-state index is 0.0234. The zero-order valence-electron chi connectivity index (χ0n) is 19.0. The number of anilines is 1. The highest BCUT2D eigenvalue weighted by Crippen LogP contribution is 2.32. The molecule has 1 N–H and O–H groups in total. The number of amides is 2. The van der Waals surface area contributed by atoms with Gasteiger partial charge in [-0.15, -0.1) is 0 Å². The molecule has 1 saturated heterocycles. The number of fused-ring (bicyclic) bond motifs is 1. The number of piperazine rings is 1. The molecule has 0 aliphatic carbocycles. The van der Waals surface area contributed by atoms with Crippen LogP contribution < -0.4 is 10.2 Å². The second-order valence-corrected chi connectivity index (χ2v) is 8.61. The Balaban J connectivity index is 1.25. The van der Waals surface area contributed by atoms with E-state index in [9.17, 15) is 9.59 Å². The van der Waals surface area contributed by atoms with E-state index in [1.165, 1.54) is 11.3 Å². The number of aryl methyl sites for hydroxylation is 1. The van der Waals surface area contributed by atoms with E-state index in [2.05, 4.69) is 46.3 Å². The van der Waals surface area contributed by atoms with Crippen molar-refractivity contribution in [3.63, 3.8) is 0 Å². The summed E-state index contributed by atoms with van der Waals surface area (Å²) in [5.74, 6) is -0.0789. The van der Waals surface area contributed by atoms with Gasteiger partial charge in [-0.2, -0.15) is 0 Å². The fourth-order valence-electron chi connectivity index (χ4n) is 4.57. The Hall–Kier alpha value is -3.12. The summed E-state index contributed by atoms with van der Waals surface area (Å²) in [5.41, 5.74) is 4.66. The lowest BCUT2D eigenvalue weighted by atomic mass is 9.93. The number of rotatable bonds is 6. The highest BCUT2D eigenvalue weighted by atomic mass is 16.2. The highest BCUT2D eigenvalue weighted by molar-refractivity contribution is 5.81. The first-order valence-electron chi connectivity index (χ1n) is 11.4. The number of nitrogens with zero attached hydrogens (tertiary/aromatic N) is 3. The third-order valence-electron chi connectivity index (χ3n) is 6.34. The Morgan fingerprint density at radius 2 is 1.81 bits per heavy atom. The first kappa shape index (κ1) is 22.1. The van der Waals surface area contributed by atoms with Gasteiger partial charge in [-0.1, -0.05) is 36.4 Å². The van der Waals surface area contributed by atoms with Gasteiger partial charge in [0.25, 0.3) is 0 Å². The minimum Gasteiger partial charge on any atom is -0.369 e. The highest BCUT2D eigenvalue weighted by Gasteiger charge is 2.28. The molecule has 2 aliphatic heterocycles. The largest absolute Gasteiger partial charge is 0.369 e. The number of carbonyl (C=O) groups is 2. The van der Waals surface area contributed by atoms with Crippen LogP contribution in [0.4, 0.5) is 5.69 Å². The number of hydrogen-bond donors (Lipinski definition) is 1. The maximum atomic E-state index is 12.7. The second-order valence-electron chi connectivity index (χ2n) is 8.61. The molecule has 2 aromatic carbocycles. The normalized spacial score (nSPS) is 18.4. The van der Waals surface area contributed by atoms with Crippen molar-refractivity contribution in [2.45, 2.75) is 26.3 Å². The molecule has 1 atom stereocenters. The van der Waals surface area contributed by atoms with Crippen LogP contribution in [0.15, 0.2) is 54.7 Å². The molecule has 0 aromatic heterocycles. The molecule has 1 unspecified atom stereocenters. The predicted molar refractivity (Wildman–Crippen MR) is 128 cm³/mol. The lowest BCUT2D eigenvalue weighted by Gasteiger charge is -2.36. The van der Waals surface area contributed by atoms with Crippen LogP contribution in [0, 0.1) is 6.92 Å². The maximum Gasteiger partial charge on any atom is 0.223 e. The Kier molecular flexibility index (Phi) is 6.90. The molecule has 0 spiro atoms. The van der Waals surface area contributed by atoms with E-state index in [1.807, 2.05) is 30.3 Å². The summed E-state index contributed by atoms with van der Waals surface area (Å²) in [6.07, 6.45) is 3.99. The van der Waals surface area contributed by atoms with Crippen LogP contribution in [0.3, 0.4) is 0 Å². The van der Waals surface area contributed by atoms with Crippen molar-refractivity contribution in [1.82, 2.24) is 15.1 Å². The molecule has 0 bridgehead atoms. The molecule has 32 heavy (non-hydrogen) atoms. The Morgan fingerprint density at radius 3 is 2.56 bits per heavy atom. The molecular formula is C26H32N4O2. The van der Waals surface area contributed by atoms with E-state index in [1.54, 1.807) is 18.0 Å². The zero-order chi connectivity index (χ0) is 22.5. The van der Waals surface area contributed by atoms with Gasteiger partial charge in [0.15, 0.2) is 0 Å². The Bertz CT molecular complexity index is 995. The van der Waals surface area contributed by atoms with Crippen molar-refractivity contribution >= 4 is 23.6 Å². The Labute approximate surface area is 190 Å². The van der Waals surface area contributed by atoms with Crippen molar-refractivity contribution in [2.24, 2.45) is 0 Å². The summed E-state index contributed by atoms with van der Waals surface area (Å²) in [5, 5.41) is 3.06. The molecule has 2 aliphatic rings. The van der Waals surface area contributed by atoms with E-state index in [0.717, 1.165) is 43.9 Å². The summed E-state index contributed by atoms with van der Waals surface area (Å²) in [6.45, 7) is 9.09. The SMILES string of the molecule is CC(=O)N1C=Cc2ccccc2C1CC(=O)NCCN1CCN(c2cccc(C)c2)CC1. The van der Waals surface area contributed by atoms with Crippen LogP contribution in [-0.4, -0.2) is 60.9 Å². The smallest absolute Gasteiger partial charge is 0.223 e. The van der Waals surface area contributed by atoms with Gasteiger partial charge < -0.3 is 15.1 Å². The van der Waals surface area contributed by atoms with Crippen LogP contribution in [0.1, 0.15) is 36.1 Å².